The molecule has 0 aliphatic carbocycles. The number of carbonyl (C=O) groups is 1. The molecule has 0 saturated carbocycles. The van der Waals surface area contributed by atoms with Crippen molar-refractivity contribution >= 4 is 40.7 Å². The number of hydrogen-bond donors (Lipinski definition) is 1. The normalized spacial score (nSPS) is 10.6. The number of hydroxylamine groups is 1. The highest BCUT2D eigenvalue weighted by Gasteiger charge is 2.14. The van der Waals surface area contributed by atoms with Gasteiger partial charge < -0.3 is 4.84 Å². The van der Waals surface area contributed by atoms with Crippen molar-refractivity contribution in [1.82, 2.24) is 10.5 Å². The maximum Gasteiger partial charge on any atom is 0.284 e. The molecule has 0 spiro atoms. The second-order valence-electron chi connectivity index (χ2n) is 6.15. The van der Waals surface area contributed by atoms with E-state index < -0.39 is 0 Å². The summed E-state index contributed by atoms with van der Waals surface area (Å²) < 4.78 is 0. The third kappa shape index (κ3) is 4.96. The van der Waals surface area contributed by atoms with Crippen molar-refractivity contribution in [3.63, 3.8) is 0 Å². The van der Waals surface area contributed by atoms with Gasteiger partial charge in [0.15, 0.2) is 5.75 Å². The molecule has 0 fully saturated rings. The van der Waals surface area contributed by atoms with Gasteiger partial charge in [-0.05, 0) is 67.3 Å². The molecular formula is C21H17Cl3N2O2. The molecule has 0 radical (unpaired) electrons. The number of nitrogens with zero attached hydrogens (tertiary/aromatic N) is 1. The molecule has 2 aromatic carbocycles. The number of amides is 1. The smallest absolute Gasteiger partial charge is 0.284 e. The third-order valence-electron chi connectivity index (χ3n) is 4.35. The van der Waals surface area contributed by atoms with Crippen molar-refractivity contribution in [1.29, 1.82) is 0 Å². The summed E-state index contributed by atoms with van der Waals surface area (Å²) in [5.74, 6) is 0.177. The van der Waals surface area contributed by atoms with E-state index in [1.54, 1.807) is 48.8 Å². The number of hydrogen-bond acceptors (Lipinski definition) is 3. The predicted octanol–water partition coefficient (Wildman–Crippen LogP) is 5.86. The lowest BCUT2D eigenvalue weighted by molar-refractivity contribution is 0.0758. The first-order chi connectivity index (χ1) is 13.5. The van der Waals surface area contributed by atoms with Crippen molar-refractivity contribution in [3.8, 4) is 5.75 Å². The summed E-state index contributed by atoms with van der Waals surface area (Å²) in [7, 11) is 0. The van der Waals surface area contributed by atoms with Gasteiger partial charge in [0.2, 0.25) is 0 Å². The van der Waals surface area contributed by atoms with Crippen molar-refractivity contribution in [3.05, 3.63) is 92.2 Å². The second-order valence-corrected chi connectivity index (χ2v) is 7.40. The summed E-state index contributed by atoms with van der Waals surface area (Å²) in [4.78, 5) is 21.7. The quantitative estimate of drug-likeness (QED) is 0.493. The van der Waals surface area contributed by atoms with Crippen LogP contribution in [0.2, 0.25) is 15.1 Å². The molecule has 4 nitrogen and oxygen atoms in total. The molecule has 0 aliphatic heterocycles. The highest BCUT2D eigenvalue weighted by atomic mass is 35.5. The van der Waals surface area contributed by atoms with Gasteiger partial charge >= 0.3 is 0 Å². The third-order valence-corrected chi connectivity index (χ3v) is 5.34. The fraction of sp³-hybridized carbons (Fsp3) is 0.143. The van der Waals surface area contributed by atoms with E-state index in [0.29, 0.717) is 39.2 Å². The van der Waals surface area contributed by atoms with Crippen LogP contribution < -0.4 is 10.3 Å². The van der Waals surface area contributed by atoms with Crippen LogP contribution in [0, 0.1) is 6.92 Å². The fourth-order valence-corrected chi connectivity index (χ4v) is 3.44. The number of pyridine rings is 1. The van der Waals surface area contributed by atoms with Crippen LogP contribution in [0.25, 0.3) is 0 Å². The number of aryl methyl sites for hydroxylation is 1. The number of rotatable bonds is 6. The Morgan fingerprint density at radius 3 is 2.46 bits per heavy atom. The molecule has 0 saturated heterocycles. The van der Waals surface area contributed by atoms with E-state index in [1.807, 2.05) is 13.0 Å². The average molecular weight is 436 g/mol. The molecule has 0 bridgehead atoms. The Morgan fingerprint density at radius 2 is 1.75 bits per heavy atom. The van der Waals surface area contributed by atoms with Gasteiger partial charge in [-0.1, -0.05) is 40.9 Å². The maximum atomic E-state index is 12.2. The van der Waals surface area contributed by atoms with Gasteiger partial charge in [0.05, 0.1) is 0 Å². The molecule has 28 heavy (non-hydrogen) atoms. The molecule has 0 aliphatic rings. The SMILES string of the molecule is Cc1c(Cl)ccc(ONC(=O)c2ccncc2)c1CCc1ccc(Cl)cc1Cl. The van der Waals surface area contributed by atoms with E-state index in [0.717, 1.165) is 16.7 Å². The minimum absolute atomic E-state index is 0.360. The zero-order valence-electron chi connectivity index (χ0n) is 15.0. The zero-order chi connectivity index (χ0) is 20.1. The number of halogens is 3. The van der Waals surface area contributed by atoms with Crippen LogP contribution in [0.1, 0.15) is 27.0 Å². The molecule has 0 atom stereocenters. The summed E-state index contributed by atoms with van der Waals surface area (Å²) in [6.07, 6.45) is 4.39. The minimum Gasteiger partial charge on any atom is -0.379 e. The van der Waals surface area contributed by atoms with E-state index in [9.17, 15) is 4.79 Å². The lowest BCUT2D eigenvalue weighted by atomic mass is 9.99. The molecule has 144 valence electrons. The standard InChI is InChI=1S/C21H17Cl3N2O2/c1-13-17(5-3-14-2-4-16(22)12-19(14)24)20(7-6-18(13)23)28-26-21(27)15-8-10-25-11-9-15/h2,4,6-12H,3,5H2,1H3,(H,26,27). The highest BCUT2D eigenvalue weighted by Crippen LogP contribution is 2.30. The Morgan fingerprint density at radius 1 is 1.00 bits per heavy atom. The summed E-state index contributed by atoms with van der Waals surface area (Å²) >= 11 is 18.5. The Balaban J connectivity index is 1.76. The van der Waals surface area contributed by atoms with E-state index in [1.165, 1.54) is 0 Å². The van der Waals surface area contributed by atoms with Crippen molar-refractivity contribution < 1.29 is 9.63 Å². The van der Waals surface area contributed by atoms with Crippen LogP contribution in [0.3, 0.4) is 0 Å². The average Bonchev–Trinajstić information content (AvgIpc) is 2.69. The van der Waals surface area contributed by atoms with Gasteiger partial charge in [0.1, 0.15) is 0 Å². The number of aromatic nitrogens is 1. The van der Waals surface area contributed by atoms with E-state index >= 15 is 0 Å². The van der Waals surface area contributed by atoms with Crippen LogP contribution in [0.15, 0.2) is 54.9 Å². The number of benzene rings is 2. The van der Waals surface area contributed by atoms with E-state index in [-0.39, 0.29) is 5.91 Å². The first-order valence-corrected chi connectivity index (χ1v) is 9.68. The van der Waals surface area contributed by atoms with Gasteiger partial charge in [-0.3, -0.25) is 9.78 Å². The van der Waals surface area contributed by atoms with Gasteiger partial charge in [-0.25, -0.2) is 0 Å². The Labute approximate surface area is 178 Å². The lowest BCUT2D eigenvalue weighted by Crippen LogP contribution is -2.27. The number of nitrogens with one attached hydrogen (secondary N) is 1. The summed E-state index contributed by atoms with van der Waals surface area (Å²) in [5, 5.41) is 1.83. The Bertz CT molecular complexity index is 994. The van der Waals surface area contributed by atoms with Crippen LogP contribution in [-0.4, -0.2) is 10.9 Å². The molecule has 0 unspecified atom stereocenters. The van der Waals surface area contributed by atoms with Gasteiger partial charge in [-0.15, -0.1) is 0 Å². The van der Waals surface area contributed by atoms with Crippen molar-refractivity contribution in [2.24, 2.45) is 0 Å². The first-order valence-electron chi connectivity index (χ1n) is 8.55. The molecular weight excluding hydrogens is 419 g/mol. The minimum atomic E-state index is -0.360. The van der Waals surface area contributed by atoms with Crippen LogP contribution in [0.5, 0.6) is 5.75 Å². The highest BCUT2D eigenvalue weighted by molar-refractivity contribution is 6.35. The molecule has 3 aromatic rings. The van der Waals surface area contributed by atoms with Crippen LogP contribution >= 0.6 is 34.8 Å². The Kier molecular flexibility index (Phi) is 6.79. The second kappa shape index (κ2) is 9.28. The molecule has 1 amide bonds. The number of carbonyl (C=O) groups excluding carboxylic acids is 1. The van der Waals surface area contributed by atoms with Crippen molar-refractivity contribution in [2.45, 2.75) is 19.8 Å². The lowest BCUT2D eigenvalue weighted by Gasteiger charge is -2.15. The Hall–Kier alpha value is -2.27. The fourth-order valence-electron chi connectivity index (χ4n) is 2.76. The van der Waals surface area contributed by atoms with E-state index in [2.05, 4.69) is 10.5 Å². The van der Waals surface area contributed by atoms with Crippen LogP contribution in [0.4, 0.5) is 0 Å². The summed E-state index contributed by atoms with van der Waals surface area (Å²) in [6.45, 7) is 1.92. The van der Waals surface area contributed by atoms with Gasteiger partial charge in [0.25, 0.3) is 5.91 Å². The summed E-state index contributed by atoms with van der Waals surface area (Å²) in [5.41, 5.74) is 5.68. The largest absolute Gasteiger partial charge is 0.379 e. The molecule has 1 N–H and O–H groups in total. The van der Waals surface area contributed by atoms with Crippen molar-refractivity contribution in [2.75, 3.05) is 0 Å². The zero-order valence-corrected chi connectivity index (χ0v) is 17.3. The molecule has 3 rings (SSSR count). The maximum absolute atomic E-state index is 12.2. The monoisotopic (exact) mass is 434 g/mol. The first kappa shape index (κ1) is 20.5. The molecule has 1 aromatic heterocycles. The van der Waals surface area contributed by atoms with Gasteiger partial charge in [0, 0.05) is 38.6 Å². The van der Waals surface area contributed by atoms with E-state index in [4.69, 9.17) is 39.6 Å². The van der Waals surface area contributed by atoms with Crippen LogP contribution in [-0.2, 0) is 12.8 Å². The molecule has 1 heterocycles. The summed E-state index contributed by atoms with van der Waals surface area (Å²) in [6, 6.07) is 12.1. The topological polar surface area (TPSA) is 51.2 Å². The molecule has 7 heteroatoms. The predicted molar refractivity (Wildman–Crippen MR) is 112 cm³/mol. The van der Waals surface area contributed by atoms with Gasteiger partial charge in [-0.2, -0.15) is 5.48 Å².